The molecule has 0 aromatic rings. The van der Waals surface area contributed by atoms with Crippen molar-refractivity contribution >= 4 is 0 Å². The van der Waals surface area contributed by atoms with Crippen molar-refractivity contribution in [3.8, 4) is 0 Å². The molecule has 76 valence electrons. The fourth-order valence-corrected chi connectivity index (χ4v) is 1.77. The molecule has 0 amide bonds. The lowest BCUT2D eigenvalue weighted by Gasteiger charge is -2.30. The zero-order valence-corrected chi connectivity index (χ0v) is 8.79. The molecule has 0 radical (unpaired) electrons. The molecule has 0 saturated heterocycles. The molecule has 1 N–H and O–H groups in total. The van der Waals surface area contributed by atoms with E-state index in [0.717, 1.165) is 19.3 Å². The van der Waals surface area contributed by atoms with Crippen LogP contribution < -0.4 is 0 Å². The highest BCUT2D eigenvalue weighted by Crippen LogP contribution is 2.26. The molecule has 0 aromatic carbocycles. The Morgan fingerprint density at radius 2 is 2.23 bits per heavy atom. The van der Waals surface area contributed by atoms with Gasteiger partial charge >= 0.3 is 0 Å². The molecule has 1 rings (SSSR count). The number of hydrogen-bond donors (Lipinski definition) is 1. The van der Waals surface area contributed by atoms with Crippen LogP contribution in [0.15, 0.2) is 11.6 Å². The number of ether oxygens (including phenoxy) is 1. The van der Waals surface area contributed by atoms with E-state index >= 15 is 0 Å². The summed E-state index contributed by atoms with van der Waals surface area (Å²) in [5.41, 5.74) is 1.41. The molecule has 1 aliphatic rings. The molecule has 0 aliphatic heterocycles. The van der Waals surface area contributed by atoms with Gasteiger partial charge in [0.1, 0.15) is 0 Å². The Labute approximate surface area is 80.6 Å². The Bertz CT molecular complexity index is 185. The van der Waals surface area contributed by atoms with Crippen LogP contribution >= 0.6 is 0 Å². The second kappa shape index (κ2) is 4.77. The minimum absolute atomic E-state index is 0.0138. The second-order valence-corrected chi connectivity index (χ2v) is 3.98. The number of aliphatic hydroxyl groups is 1. The van der Waals surface area contributed by atoms with Crippen molar-refractivity contribution in [2.45, 2.75) is 58.3 Å². The predicted octanol–water partition coefficient (Wildman–Crippen LogP) is 2.27. The fraction of sp³-hybridized carbons (Fsp3) is 0.818. The van der Waals surface area contributed by atoms with E-state index in [0.29, 0.717) is 0 Å². The van der Waals surface area contributed by atoms with E-state index in [9.17, 15) is 5.11 Å². The Morgan fingerprint density at radius 3 is 2.77 bits per heavy atom. The summed E-state index contributed by atoms with van der Waals surface area (Å²) in [6.07, 6.45) is 4.85. The van der Waals surface area contributed by atoms with Crippen LogP contribution in [-0.2, 0) is 4.74 Å². The topological polar surface area (TPSA) is 29.5 Å². The molecular formula is C11H20O2. The first-order valence-electron chi connectivity index (χ1n) is 5.11. The van der Waals surface area contributed by atoms with Gasteiger partial charge in [0.15, 0.2) is 0 Å². The van der Waals surface area contributed by atoms with Crippen LogP contribution in [0.4, 0.5) is 0 Å². The third-order valence-corrected chi connectivity index (χ3v) is 2.51. The number of rotatable bonds is 2. The van der Waals surface area contributed by atoms with Crippen molar-refractivity contribution in [3.63, 3.8) is 0 Å². The fourth-order valence-electron chi connectivity index (χ4n) is 1.77. The number of allylic oxidation sites excluding steroid dienone is 1. The maximum Gasteiger partial charge on any atom is 0.0874 e. The minimum Gasteiger partial charge on any atom is -0.390 e. The van der Waals surface area contributed by atoms with Gasteiger partial charge in [0.05, 0.1) is 18.3 Å². The molecule has 2 atom stereocenters. The van der Waals surface area contributed by atoms with E-state index in [2.05, 4.69) is 13.0 Å². The average Bonchev–Trinajstić information content (AvgIpc) is 2.08. The second-order valence-electron chi connectivity index (χ2n) is 3.98. The van der Waals surface area contributed by atoms with E-state index in [1.54, 1.807) is 0 Å². The monoisotopic (exact) mass is 184 g/mol. The third kappa shape index (κ3) is 3.12. The highest BCUT2D eigenvalue weighted by Gasteiger charge is 2.26. The van der Waals surface area contributed by atoms with Crippen LogP contribution in [-0.4, -0.2) is 23.4 Å². The molecule has 2 heteroatoms. The van der Waals surface area contributed by atoms with Crippen LogP contribution in [0.25, 0.3) is 0 Å². The summed E-state index contributed by atoms with van der Waals surface area (Å²) >= 11 is 0. The zero-order chi connectivity index (χ0) is 9.84. The largest absolute Gasteiger partial charge is 0.390 e. The molecule has 1 fully saturated rings. The summed E-state index contributed by atoms with van der Waals surface area (Å²) in [6, 6.07) is 0. The summed E-state index contributed by atoms with van der Waals surface area (Å²) < 4.78 is 5.64. The van der Waals surface area contributed by atoms with Gasteiger partial charge in [0.25, 0.3) is 0 Å². The molecule has 1 aliphatic carbocycles. The van der Waals surface area contributed by atoms with Gasteiger partial charge in [-0.25, -0.2) is 0 Å². The van der Waals surface area contributed by atoms with Crippen molar-refractivity contribution in [2.24, 2.45) is 0 Å². The predicted molar refractivity (Wildman–Crippen MR) is 53.6 cm³/mol. The van der Waals surface area contributed by atoms with Crippen molar-refractivity contribution in [1.82, 2.24) is 0 Å². The summed E-state index contributed by atoms with van der Waals surface area (Å²) in [6.45, 7) is 6.08. The van der Waals surface area contributed by atoms with Gasteiger partial charge in [-0.1, -0.05) is 11.6 Å². The Morgan fingerprint density at radius 1 is 1.54 bits per heavy atom. The van der Waals surface area contributed by atoms with Gasteiger partial charge in [0.2, 0.25) is 0 Å². The lowest BCUT2D eigenvalue weighted by molar-refractivity contribution is -0.0739. The van der Waals surface area contributed by atoms with E-state index in [1.807, 2.05) is 13.8 Å². The summed E-state index contributed by atoms with van der Waals surface area (Å²) in [5.74, 6) is 0. The van der Waals surface area contributed by atoms with Gasteiger partial charge in [0, 0.05) is 0 Å². The smallest absolute Gasteiger partial charge is 0.0874 e. The Kier molecular flexibility index (Phi) is 3.94. The van der Waals surface area contributed by atoms with E-state index in [-0.39, 0.29) is 18.3 Å². The summed E-state index contributed by atoms with van der Waals surface area (Å²) in [4.78, 5) is 0. The molecule has 2 nitrogen and oxygen atoms in total. The lowest BCUT2D eigenvalue weighted by Crippen LogP contribution is -2.35. The first-order chi connectivity index (χ1) is 6.13. The van der Waals surface area contributed by atoms with Gasteiger partial charge in [-0.05, 0) is 40.0 Å². The maximum absolute atomic E-state index is 9.68. The molecule has 13 heavy (non-hydrogen) atoms. The Balaban J connectivity index is 2.50. The Hall–Kier alpha value is -0.340. The van der Waals surface area contributed by atoms with Crippen molar-refractivity contribution in [2.75, 3.05) is 0 Å². The highest BCUT2D eigenvalue weighted by atomic mass is 16.5. The number of aliphatic hydroxyl groups excluding tert-OH is 1. The van der Waals surface area contributed by atoms with Gasteiger partial charge in [-0.2, -0.15) is 0 Å². The average molecular weight is 184 g/mol. The highest BCUT2D eigenvalue weighted by molar-refractivity contribution is 5.07. The van der Waals surface area contributed by atoms with Crippen molar-refractivity contribution in [1.29, 1.82) is 0 Å². The third-order valence-electron chi connectivity index (χ3n) is 2.51. The maximum atomic E-state index is 9.68. The van der Waals surface area contributed by atoms with Gasteiger partial charge in [-0.15, -0.1) is 0 Å². The van der Waals surface area contributed by atoms with Crippen molar-refractivity contribution < 1.29 is 9.84 Å². The van der Waals surface area contributed by atoms with Crippen LogP contribution in [0.5, 0.6) is 0 Å². The van der Waals surface area contributed by atoms with E-state index in [4.69, 9.17) is 4.74 Å². The first-order valence-corrected chi connectivity index (χ1v) is 5.11. The van der Waals surface area contributed by atoms with Gasteiger partial charge in [-0.3, -0.25) is 0 Å². The molecule has 1 saturated carbocycles. The molecule has 0 spiro atoms. The normalized spacial score (nSPS) is 32.8. The molecule has 0 bridgehead atoms. The quantitative estimate of drug-likeness (QED) is 0.667. The molecule has 2 unspecified atom stereocenters. The molecule has 0 heterocycles. The van der Waals surface area contributed by atoms with E-state index in [1.165, 1.54) is 5.57 Å². The van der Waals surface area contributed by atoms with Crippen LogP contribution in [0.2, 0.25) is 0 Å². The van der Waals surface area contributed by atoms with Gasteiger partial charge < -0.3 is 9.84 Å². The SMILES string of the molecule is C/C=C1/CCC(O)C(OC(C)C)C1. The summed E-state index contributed by atoms with van der Waals surface area (Å²) in [5, 5.41) is 9.68. The van der Waals surface area contributed by atoms with E-state index < -0.39 is 0 Å². The number of hydrogen-bond acceptors (Lipinski definition) is 2. The van der Waals surface area contributed by atoms with Crippen LogP contribution in [0.3, 0.4) is 0 Å². The van der Waals surface area contributed by atoms with Crippen LogP contribution in [0, 0.1) is 0 Å². The first kappa shape index (κ1) is 10.7. The standard InChI is InChI=1S/C11H20O2/c1-4-9-5-6-10(12)11(7-9)13-8(2)3/h4,8,10-12H,5-7H2,1-3H3/b9-4-. The molecular weight excluding hydrogens is 164 g/mol. The zero-order valence-electron chi connectivity index (χ0n) is 8.79. The molecule has 0 aromatic heterocycles. The van der Waals surface area contributed by atoms with Crippen molar-refractivity contribution in [3.05, 3.63) is 11.6 Å². The lowest BCUT2D eigenvalue weighted by atomic mass is 9.90. The summed E-state index contributed by atoms with van der Waals surface area (Å²) in [7, 11) is 0. The minimum atomic E-state index is -0.272. The van der Waals surface area contributed by atoms with Crippen LogP contribution in [0.1, 0.15) is 40.0 Å².